The van der Waals surface area contributed by atoms with E-state index in [2.05, 4.69) is 20.0 Å². The number of hydrogen-bond donors (Lipinski definition) is 2. The number of amides is 1. The summed E-state index contributed by atoms with van der Waals surface area (Å²) in [6.45, 7) is 0. The summed E-state index contributed by atoms with van der Waals surface area (Å²) in [6.07, 6.45) is -3.76. The lowest BCUT2D eigenvalue weighted by molar-refractivity contribution is -0.141. The van der Waals surface area contributed by atoms with Crippen LogP contribution in [0.2, 0.25) is 0 Å². The Kier molecular flexibility index (Phi) is 3.61. The average molecular weight is 301 g/mol. The molecule has 0 radical (unpaired) electrons. The van der Waals surface area contributed by atoms with Gasteiger partial charge in [-0.25, -0.2) is 9.78 Å². The first-order valence-electron chi connectivity index (χ1n) is 5.32. The number of aromatic nitrogens is 2. The van der Waals surface area contributed by atoms with Crippen LogP contribution in [-0.4, -0.2) is 27.1 Å². The van der Waals surface area contributed by atoms with Crippen LogP contribution in [0.5, 0.6) is 0 Å². The van der Waals surface area contributed by atoms with Gasteiger partial charge in [0.05, 0.1) is 11.9 Å². The minimum atomic E-state index is -4.58. The quantitative estimate of drug-likeness (QED) is 0.898. The monoisotopic (exact) mass is 301 g/mol. The molecule has 0 aromatic carbocycles. The highest BCUT2D eigenvalue weighted by molar-refractivity contribution is 6.03. The maximum atomic E-state index is 12.3. The van der Waals surface area contributed by atoms with Crippen molar-refractivity contribution in [1.82, 2.24) is 10.1 Å². The van der Waals surface area contributed by atoms with Gasteiger partial charge in [0.25, 0.3) is 5.91 Å². The number of pyridine rings is 1. The fourth-order valence-electron chi connectivity index (χ4n) is 1.31. The van der Waals surface area contributed by atoms with E-state index in [1.807, 2.05) is 0 Å². The van der Waals surface area contributed by atoms with Gasteiger partial charge < -0.3 is 14.9 Å². The molecular weight excluding hydrogens is 295 g/mol. The second-order valence-electron chi connectivity index (χ2n) is 3.77. The van der Waals surface area contributed by atoms with Gasteiger partial charge in [0.1, 0.15) is 5.69 Å². The second-order valence-corrected chi connectivity index (χ2v) is 3.77. The first-order valence-corrected chi connectivity index (χ1v) is 5.32. The van der Waals surface area contributed by atoms with Gasteiger partial charge in [-0.1, -0.05) is 5.16 Å². The normalized spacial score (nSPS) is 11.2. The molecule has 0 aliphatic rings. The zero-order valence-electron chi connectivity index (χ0n) is 10.0. The van der Waals surface area contributed by atoms with E-state index in [1.165, 1.54) is 0 Å². The van der Waals surface area contributed by atoms with E-state index in [1.54, 1.807) is 0 Å². The number of carboxylic acids is 1. The smallest absolute Gasteiger partial charge is 0.433 e. The number of anilines is 1. The van der Waals surface area contributed by atoms with Gasteiger partial charge in [0, 0.05) is 6.07 Å². The lowest BCUT2D eigenvalue weighted by Gasteiger charge is -2.06. The van der Waals surface area contributed by atoms with Gasteiger partial charge in [-0.05, 0) is 12.1 Å². The number of carbonyl (C=O) groups is 2. The van der Waals surface area contributed by atoms with E-state index >= 15 is 0 Å². The molecule has 0 atom stereocenters. The summed E-state index contributed by atoms with van der Waals surface area (Å²) >= 11 is 0. The Bertz CT molecular complexity index is 679. The summed E-state index contributed by atoms with van der Waals surface area (Å²) < 4.78 is 41.3. The lowest BCUT2D eigenvalue weighted by Crippen LogP contribution is -2.13. The number of rotatable bonds is 3. The van der Waals surface area contributed by atoms with Crippen LogP contribution in [0, 0.1) is 0 Å². The molecule has 0 aliphatic carbocycles. The molecule has 0 aliphatic heterocycles. The Morgan fingerprint density at radius 1 is 1.29 bits per heavy atom. The molecule has 0 spiro atoms. The minimum Gasteiger partial charge on any atom is -0.475 e. The maximum Gasteiger partial charge on any atom is 0.433 e. The molecule has 0 saturated carbocycles. The van der Waals surface area contributed by atoms with Gasteiger partial charge >= 0.3 is 12.1 Å². The van der Waals surface area contributed by atoms with Crippen molar-refractivity contribution in [3.63, 3.8) is 0 Å². The predicted octanol–water partition coefficient (Wildman–Crippen LogP) is 2.04. The van der Waals surface area contributed by atoms with E-state index in [9.17, 15) is 22.8 Å². The zero-order chi connectivity index (χ0) is 15.6. The number of alkyl halides is 3. The molecule has 7 nitrogen and oxygen atoms in total. The molecule has 2 rings (SSSR count). The topological polar surface area (TPSA) is 105 Å². The number of carboxylic acid groups (broad SMARTS) is 1. The Morgan fingerprint density at radius 3 is 2.48 bits per heavy atom. The van der Waals surface area contributed by atoms with Crippen molar-refractivity contribution in [2.75, 3.05) is 5.32 Å². The third-order valence-corrected chi connectivity index (χ3v) is 2.27. The summed E-state index contributed by atoms with van der Waals surface area (Å²) in [6, 6.07) is 2.59. The Balaban J connectivity index is 2.10. The number of nitrogens with zero attached hydrogens (tertiary/aromatic N) is 2. The van der Waals surface area contributed by atoms with Crippen molar-refractivity contribution in [1.29, 1.82) is 0 Å². The van der Waals surface area contributed by atoms with Crippen LogP contribution >= 0.6 is 0 Å². The van der Waals surface area contributed by atoms with Crippen molar-refractivity contribution in [2.24, 2.45) is 0 Å². The van der Waals surface area contributed by atoms with Crippen LogP contribution < -0.4 is 5.32 Å². The number of aromatic carboxylic acids is 1. The summed E-state index contributed by atoms with van der Waals surface area (Å²) in [7, 11) is 0. The van der Waals surface area contributed by atoms with Crippen molar-refractivity contribution < 1.29 is 32.4 Å². The van der Waals surface area contributed by atoms with Crippen LogP contribution in [0.3, 0.4) is 0 Å². The van der Waals surface area contributed by atoms with Crippen LogP contribution in [0.15, 0.2) is 28.9 Å². The fourth-order valence-corrected chi connectivity index (χ4v) is 1.31. The fraction of sp³-hybridized carbons (Fsp3) is 0.0909. The van der Waals surface area contributed by atoms with Crippen LogP contribution in [0.1, 0.15) is 26.7 Å². The van der Waals surface area contributed by atoms with E-state index in [0.29, 0.717) is 6.07 Å². The maximum absolute atomic E-state index is 12.3. The van der Waals surface area contributed by atoms with Crippen LogP contribution in [-0.2, 0) is 6.18 Å². The lowest BCUT2D eigenvalue weighted by atomic mass is 10.3. The van der Waals surface area contributed by atoms with Crippen molar-refractivity contribution >= 4 is 17.6 Å². The molecule has 2 heterocycles. The Labute approximate surface area is 114 Å². The Hall–Kier alpha value is -2.91. The highest BCUT2D eigenvalue weighted by Crippen LogP contribution is 2.27. The average Bonchev–Trinajstić information content (AvgIpc) is 2.88. The van der Waals surface area contributed by atoms with E-state index in [-0.39, 0.29) is 11.4 Å². The molecule has 0 bridgehead atoms. The van der Waals surface area contributed by atoms with Crippen LogP contribution in [0.4, 0.5) is 18.9 Å². The van der Waals surface area contributed by atoms with Gasteiger partial charge in [-0.2, -0.15) is 13.2 Å². The van der Waals surface area contributed by atoms with Crippen LogP contribution in [0.25, 0.3) is 0 Å². The molecule has 1 amide bonds. The van der Waals surface area contributed by atoms with E-state index in [0.717, 1.165) is 18.3 Å². The largest absolute Gasteiger partial charge is 0.475 e. The number of hydrogen-bond acceptors (Lipinski definition) is 5. The summed E-state index contributed by atoms with van der Waals surface area (Å²) in [5.41, 5.74) is -1.43. The molecule has 0 fully saturated rings. The predicted molar refractivity (Wildman–Crippen MR) is 60.7 cm³/mol. The highest BCUT2D eigenvalue weighted by atomic mass is 19.4. The van der Waals surface area contributed by atoms with Crippen molar-refractivity contribution in [3.05, 3.63) is 41.5 Å². The first-order chi connectivity index (χ1) is 9.77. The second kappa shape index (κ2) is 5.23. The molecule has 2 aromatic rings. The number of halogens is 3. The number of carbonyl (C=O) groups excluding carboxylic acids is 1. The molecule has 110 valence electrons. The first kappa shape index (κ1) is 14.5. The van der Waals surface area contributed by atoms with Gasteiger partial charge in [-0.3, -0.25) is 4.79 Å². The van der Waals surface area contributed by atoms with Gasteiger partial charge in [0.2, 0.25) is 5.76 Å². The van der Waals surface area contributed by atoms with Gasteiger partial charge in [-0.15, -0.1) is 0 Å². The summed E-state index contributed by atoms with van der Waals surface area (Å²) in [5, 5.41) is 14.0. The van der Waals surface area contributed by atoms with E-state index < -0.39 is 29.5 Å². The zero-order valence-corrected chi connectivity index (χ0v) is 10.0. The molecule has 0 saturated heterocycles. The Morgan fingerprint density at radius 2 is 2.00 bits per heavy atom. The molecule has 21 heavy (non-hydrogen) atoms. The summed E-state index contributed by atoms with van der Waals surface area (Å²) in [4.78, 5) is 25.4. The summed E-state index contributed by atoms with van der Waals surface area (Å²) in [5.74, 6) is -2.78. The molecule has 0 unspecified atom stereocenters. The third-order valence-electron chi connectivity index (χ3n) is 2.27. The standard InChI is InChI=1S/C11H6F3N3O4/c12-11(13,14)8-2-1-5(4-15-8)16-9(18)6-3-7(10(19)20)21-17-6/h1-4H,(H,16,18)(H,19,20). The minimum absolute atomic E-state index is 0.00660. The van der Waals surface area contributed by atoms with Gasteiger partial charge in [0.15, 0.2) is 5.69 Å². The van der Waals surface area contributed by atoms with Crippen molar-refractivity contribution in [3.8, 4) is 0 Å². The number of nitrogens with one attached hydrogen (secondary N) is 1. The molecular formula is C11H6F3N3O4. The molecule has 2 aromatic heterocycles. The van der Waals surface area contributed by atoms with Crippen molar-refractivity contribution in [2.45, 2.75) is 6.18 Å². The SMILES string of the molecule is O=C(Nc1ccc(C(F)(F)F)nc1)c1cc(C(=O)O)on1. The third kappa shape index (κ3) is 3.35. The van der Waals surface area contributed by atoms with E-state index in [4.69, 9.17) is 5.11 Å². The molecule has 2 N–H and O–H groups in total. The highest BCUT2D eigenvalue weighted by Gasteiger charge is 2.32. The molecule has 10 heteroatoms.